The van der Waals surface area contributed by atoms with Gasteiger partial charge in [-0.15, -0.1) is 0 Å². The molecule has 6 aromatic carbocycles. The van der Waals surface area contributed by atoms with Crippen molar-refractivity contribution in [3.8, 4) is 28.3 Å². The van der Waals surface area contributed by atoms with Gasteiger partial charge in [0.15, 0.2) is 5.58 Å². The monoisotopic (exact) mass is 514 g/mol. The second-order valence-electron chi connectivity index (χ2n) is 10.5. The number of hydrogen-bond acceptors (Lipinski definition) is 2. The summed E-state index contributed by atoms with van der Waals surface area (Å²) in [5, 5.41) is 6.29. The van der Waals surface area contributed by atoms with Gasteiger partial charge in [-0.05, 0) is 83.1 Å². The number of rotatable bonds is 3. The van der Waals surface area contributed by atoms with Gasteiger partial charge in [0.2, 0.25) is 5.89 Å². The van der Waals surface area contributed by atoms with E-state index in [0.29, 0.717) is 5.89 Å². The first-order chi connectivity index (χ1) is 19.7. The van der Waals surface area contributed by atoms with Gasteiger partial charge in [0.1, 0.15) is 5.52 Å². The van der Waals surface area contributed by atoms with Gasteiger partial charge in [-0.25, -0.2) is 4.98 Å². The molecule has 3 heteroatoms. The van der Waals surface area contributed by atoms with E-state index in [4.69, 9.17) is 4.42 Å². The van der Waals surface area contributed by atoms with Crippen molar-refractivity contribution in [2.75, 3.05) is 0 Å². The zero-order chi connectivity index (χ0) is 26.8. The van der Waals surface area contributed by atoms with E-state index < -0.39 is 0 Å². The molecule has 0 saturated heterocycles. The van der Waals surface area contributed by atoms with E-state index in [1.165, 1.54) is 60.5 Å². The summed E-state index contributed by atoms with van der Waals surface area (Å²) in [6, 6.07) is 42.9. The van der Waals surface area contributed by atoms with Crippen molar-refractivity contribution in [2.24, 2.45) is 0 Å². The lowest BCUT2D eigenvalue weighted by molar-refractivity contribution is 0.620. The molecule has 190 valence electrons. The molecule has 2 heterocycles. The molecule has 0 spiro atoms. The van der Waals surface area contributed by atoms with Crippen LogP contribution < -0.4 is 0 Å². The van der Waals surface area contributed by atoms with Crippen LogP contribution in [0.1, 0.15) is 11.3 Å². The number of nitrogens with zero attached hydrogens (tertiary/aromatic N) is 2. The average Bonchev–Trinajstić information content (AvgIpc) is 3.55. The molecule has 0 bridgehead atoms. The highest BCUT2D eigenvalue weighted by molar-refractivity contribution is 6.12. The van der Waals surface area contributed by atoms with Gasteiger partial charge in [-0.3, -0.25) is 0 Å². The van der Waals surface area contributed by atoms with Crippen molar-refractivity contribution >= 4 is 43.5 Å². The van der Waals surface area contributed by atoms with Crippen LogP contribution in [0.2, 0.25) is 0 Å². The summed E-state index contributed by atoms with van der Waals surface area (Å²) in [7, 11) is 0. The van der Waals surface area contributed by atoms with Crippen LogP contribution in [0.4, 0.5) is 0 Å². The molecule has 0 aliphatic carbocycles. The number of oxazole rings is 1. The molecule has 0 aliphatic heterocycles. The Bertz CT molecular complexity index is 2200. The largest absolute Gasteiger partial charge is 0.436 e. The molecule has 3 nitrogen and oxygen atoms in total. The summed E-state index contributed by atoms with van der Waals surface area (Å²) in [5.74, 6) is 0.645. The number of hydrogen-bond donors (Lipinski definition) is 0. The van der Waals surface area contributed by atoms with Gasteiger partial charge < -0.3 is 8.98 Å². The smallest absolute Gasteiger partial charge is 0.227 e. The molecule has 0 amide bonds. The molecule has 2 aromatic heterocycles. The van der Waals surface area contributed by atoms with Crippen LogP contribution in [0.25, 0.3) is 71.8 Å². The second-order valence-corrected chi connectivity index (χ2v) is 10.5. The third kappa shape index (κ3) is 3.41. The number of aryl methyl sites for hydroxylation is 1. The minimum absolute atomic E-state index is 0.645. The summed E-state index contributed by atoms with van der Waals surface area (Å²) in [6.45, 7) is 4.46. The third-order valence-corrected chi connectivity index (χ3v) is 8.27. The Morgan fingerprint density at radius 3 is 2.20 bits per heavy atom. The van der Waals surface area contributed by atoms with Crippen LogP contribution in [-0.4, -0.2) is 9.55 Å². The molecule has 0 aliphatic rings. The van der Waals surface area contributed by atoms with Crippen molar-refractivity contribution < 1.29 is 4.42 Å². The number of para-hydroxylation sites is 2. The van der Waals surface area contributed by atoms with Crippen LogP contribution in [-0.2, 0) is 0 Å². The molecule has 40 heavy (non-hydrogen) atoms. The Kier molecular flexibility index (Phi) is 4.95. The summed E-state index contributed by atoms with van der Waals surface area (Å²) in [4.78, 5) is 4.67. The molecular weight excluding hydrogens is 488 g/mol. The topological polar surface area (TPSA) is 31.0 Å². The first-order valence-electron chi connectivity index (χ1n) is 13.6. The van der Waals surface area contributed by atoms with E-state index in [0.717, 1.165) is 16.7 Å². The van der Waals surface area contributed by atoms with Gasteiger partial charge in [-0.1, -0.05) is 84.9 Å². The zero-order valence-electron chi connectivity index (χ0n) is 22.3. The molecule has 0 radical (unpaired) electrons. The first-order valence-corrected chi connectivity index (χ1v) is 13.6. The molecular formula is C37H26N2O. The van der Waals surface area contributed by atoms with Gasteiger partial charge in [0.05, 0.1) is 5.52 Å². The van der Waals surface area contributed by atoms with Crippen molar-refractivity contribution in [2.45, 2.75) is 13.8 Å². The third-order valence-electron chi connectivity index (χ3n) is 8.27. The van der Waals surface area contributed by atoms with Gasteiger partial charge in [-0.2, -0.15) is 0 Å². The van der Waals surface area contributed by atoms with E-state index in [2.05, 4.69) is 120 Å². The predicted molar refractivity (Wildman–Crippen MR) is 166 cm³/mol. The molecule has 0 saturated carbocycles. The van der Waals surface area contributed by atoms with E-state index in [-0.39, 0.29) is 0 Å². The minimum Gasteiger partial charge on any atom is -0.436 e. The highest BCUT2D eigenvalue weighted by atomic mass is 16.3. The predicted octanol–water partition coefficient (Wildman–Crippen LogP) is 10.0. The maximum atomic E-state index is 6.00. The SMILES string of the molecule is Cc1c(C)n(-c2ccc3ccccc3c2)c2c1ccc1c(-c3ccc(-c4nc5ccccc5o4)cc3)cccc12. The molecule has 0 unspecified atom stereocenters. The lowest BCUT2D eigenvalue weighted by Gasteiger charge is -2.13. The molecule has 0 fully saturated rings. The highest BCUT2D eigenvalue weighted by Crippen LogP contribution is 2.38. The minimum atomic E-state index is 0.645. The Morgan fingerprint density at radius 1 is 0.600 bits per heavy atom. The van der Waals surface area contributed by atoms with E-state index in [1.807, 2.05) is 24.3 Å². The lowest BCUT2D eigenvalue weighted by Crippen LogP contribution is -1.97. The quantitative estimate of drug-likeness (QED) is 0.235. The van der Waals surface area contributed by atoms with Crippen molar-refractivity contribution in [3.63, 3.8) is 0 Å². The van der Waals surface area contributed by atoms with E-state index >= 15 is 0 Å². The van der Waals surface area contributed by atoms with E-state index in [1.54, 1.807) is 0 Å². The maximum absolute atomic E-state index is 6.00. The normalized spacial score (nSPS) is 11.8. The average molecular weight is 515 g/mol. The number of fused-ring (bicyclic) bond motifs is 5. The molecule has 8 aromatic rings. The fraction of sp³-hybridized carbons (Fsp3) is 0.0541. The van der Waals surface area contributed by atoms with Gasteiger partial charge in [0, 0.05) is 27.7 Å². The second kappa shape index (κ2) is 8.69. The van der Waals surface area contributed by atoms with Crippen molar-refractivity contribution in [3.05, 3.63) is 133 Å². The summed E-state index contributed by atoms with van der Waals surface area (Å²) >= 11 is 0. The number of benzene rings is 6. The van der Waals surface area contributed by atoms with Gasteiger partial charge >= 0.3 is 0 Å². The Labute approximate surface area is 231 Å². The zero-order valence-corrected chi connectivity index (χ0v) is 22.3. The Hall–Kier alpha value is -5.15. The Balaban J connectivity index is 1.29. The van der Waals surface area contributed by atoms with Crippen LogP contribution in [0.3, 0.4) is 0 Å². The first kappa shape index (κ1) is 22.8. The maximum Gasteiger partial charge on any atom is 0.227 e. The Morgan fingerprint density at radius 2 is 1.35 bits per heavy atom. The standard InChI is InChI=1S/C37H26N2O/c1-23-24(2)39(29-19-18-25-8-3-4-9-28(25)22-29)36-30(23)20-21-32-31(10-7-11-33(32)36)26-14-16-27(17-15-26)37-38-34-12-5-6-13-35(34)40-37/h3-22H,1-2H3. The molecule has 8 rings (SSSR count). The summed E-state index contributed by atoms with van der Waals surface area (Å²) in [5.41, 5.74) is 10.1. The van der Waals surface area contributed by atoms with Crippen LogP contribution >= 0.6 is 0 Å². The highest BCUT2D eigenvalue weighted by Gasteiger charge is 2.17. The van der Waals surface area contributed by atoms with Crippen molar-refractivity contribution in [1.82, 2.24) is 9.55 Å². The summed E-state index contributed by atoms with van der Waals surface area (Å²) in [6.07, 6.45) is 0. The van der Waals surface area contributed by atoms with Crippen LogP contribution in [0.5, 0.6) is 0 Å². The van der Waals surface area contributed by atoms with Gasteiger partial charge in [0.25, 0.3) is 0 Å². The van der Waals surface area contributed by atoms with Crippen LogP contribution in [0.15, 0.2) is 126 Å². The fourth-order valence-electron chi connectivity index (χ4n) is 6.09. The fourth-order valence-corrected chi connectivity index (χ4v) is 6.09. The molecule has 0 N–H and O–H groups in total. The van der Waals surface area contributed by atoms with Crippen molar-refractivity contribution in [1.29, 1.82) is 0 Å². The lowest BCUT2D eigenvalue weighted by atomic mass is 9.96. The number of aromatic nitrogens is 2. The van der Waals surface area contributed by atoms with E-state index in [9.17, 15) is 0 Å². The summed E-state index contributed by atoms with van der Waals surface area (Å²) < 4.78 is 8.43. The van der Waals surface area contributed by atoms with Crippen LogP contribution in [0, 0.1) is 13.8 Å². The molecule has 0 atom stereocenters.